The summed E-state index contributed by atoms with van der Waals surface area (Å²) in [6.07, 6.45) is 4.43. The highest BCUT2D eigenvalue weighted by Gasteiger charge is 2.05. The number of aromatic hydroxyl groups is 1. The van der Waals surface area contributed by atoms with Gasteiger partial charge in [-0.1, -0.05) is 11.6 Å². The predicted molar refractivity (Wildman–Crippen MR) is 79.8 cm³/mol. The van der Waals surface area contributed by atoms with Gasteiger partial charge in [0.15, 0.2) is 0 Å². The maximum Gasteiger partial charge on any atom is 0.272 e. The van der Waals surface area contributed by atoms with Crippen LogP contribution in [0.4, 0.5) is 0 Å². The number of nitrogens with zero attached hydrogens (tertiary/aromatic N) is 2. The summed E-state index contributed by atoms with van der Waals surface area (Å²) in [5.74, 6) is -0.264. The van der Waals surface area contributed by atoms with Gasteiger partial charge in [0.1, 0.15) is 5.75 Å². The molecule has 1 aromatic heterocycles. The molecule has 1 amide bonds. The third kappa shape index (κ3) is 3.64. The van der Waals surface area contributed by atoms with Crippen molar-refractivity contribution in [2.45, 2.75) is 6.92 Å². The fourth-order valence-corrected chi connectivity index (χ4v) is 1.90. The number of phenols is 1. The van der Waals surface area contributed by atoms with Gasteiger partial charge in [-0.15, -0.1) is 0 Å². The van der Waals surface area contributed by atoms with Crippen LogP contribution in [-0.2, 0) is 0 Å². The van der Waals surface area contributed by atoms with Crippen LogP contribution in [0.3, 0.4) is 0 Å². The number of halogens is 1. The molecule has 2 aromatic rings. The molecule has 0 unspecified atom stereocenters. The van der Waals surface area contributed by atoms with Gasteiger partial charge in [-0.3, -0.25) is 9.78 Å². The second kappa shape index (κ2) is 6.29. The number of pyridine rings is 1. The standard InChI is InChI=1S/C14H12BrN3O2/c1-9-2-3-13(19)10(4-9)7-17-18-14(20)11-5-12(15)8-16-6-11/h2-8,19H,1H3,(H,18,20)/b17-7+. The summed E-state index contributed by atoms with van der Waals surface area (Å²) in [4.78, 5) is 15.7. The highest BCUT2D eigenvalue weighted by molar-refractivity contribution is 9.10. The Kier molecular flexibility index (Phi) is 4.47. The van der Waals surface area contributed by atoms with Crippen molar-refractivity contribution in [1.29, 1.82) is 0 Å². The topological polar surface area (TPSA) is 74.6 Å². The fraction of sp³-hybridized carbons (Fsp3) is 0.0714. The van der Waals surface area contributed by atoms with E-state index >= 15 is 0 Å². The Labute approximate surface area is 124 Å². The Hall–Kier alpha value is -2.21. The Balaban J connectivity index is 2.06. The Morgan fingerprint density at radius 1 is 1.40 bits per heavy atom. The quantitative estimate of drug-likeness (QED) is 0.669. The van der Waals surface area contributed by atoms with Gasteiger partial charge in [-0.25, -0.2) is 5.43 Å². The Bertz CT molecular complexity index is 671. The van der Waals surface area contributed by atoms with Crippen LogP contribution in [-0.4, -0.2) is 22.2 Å². The zero-order valence-electron chi connectivity index (χ0n) is 10.7. The normalized spacial score (nSPS) is 10.7. The van der Waals surface area contributed by atoms with Crippen molar-refractivity contribution in [2.24, 2.45) is 5.10 Å². The average molecular weight is 334 g/mol. The van der Waals surface area contributed by atoms with E-state index in [2.05, 4.69) is 31.4 Å². The molecule has 0 aliphatic heterocycles. The molecule has 2 N–H and O–H groups in total. The number of aromatic nitrogens is 1. The monoisotopic (exact) mass is 333 g/mol. The number of benzene rings is 1. The summed E-state index contributed by atoms with van der Waals surface area (Å²) >= 11 is 3.24. The minimum Gasteiger partial charge on any atom is -0.507 e. The number of amides is 1. The molecule has 0 fully saturated rings. The van der Waals surface area contributed by atoms with Gasteiger partial charge in [0.25, 0.3) is 5.91 Å². The lowest BCUT2D eigenvalue weighted by molar-refractivity contribution is 0.0954. The highest BCUT2D eigenvalue weighted by Crippen LogP contribution is 2.15. The van der Waals surface area contributed by atoms with Gasteiger partial charge in [0, 0.05) is 22.4 Å². The molecule has 0 bridgehead atoms. The molecule has 20 heavy (non-hydrogen) atoms. The summed E-state index contributed by atoms with van der Waals surface area (Å²) < 4.78 is 0.713. The average Bonchev–Trinajstić information content (AvgIpc) is 2.42. The first-order chi connectivity index (χ1) is 9.56. The minimum atomic E-state index is -0.373. The molecule has 5 nitrogen and oxygen atoms in total. The zero-order chi connectivity index (χ0) is 14.5. The first-order valence-corrected chi connectivity index (χ1v) is 6.59. The third-order valence-electron chi connectivity index (χ3n) is 2.52. The van der Waals surface area contributed by atoms with E-state index < -0.39 is 0 Å². The highest BCUT2D eigenvalue weighted by atomic mass is 79.9. The molecule has 0 atom stereocenters. The SMILES string of the molecule is Cc1ccc(O)c(/C=N/NC(=O)c2cncc(Br)c2)c1. The van der Waals surface area contributed by atoms with E-state index in [0.29, 0.717) is 15.6 Å². The Morgan fingerprint density at radius 2 is 2.20 bits per heavy atom. The van der Waals surface area contributed by atoms with Crippen molar-refractivity contribution in [3.05, 3.63) is 57.8 Å². The molecule has 2 rings (SSSR count). The van der Waals surface area contributed by atoms with E-state index in [1.54, 1.807) is 30.5 Å². The molecule has 0 spiro atoms. The molecule has 0 saturated carbocycles. The summed E-state index contributed by atoms with van der Waals surface area (Å²) in [5.41, 5.74) is 4.31. The van der Waals surface area contributed by atoms with E-state index in [4.69, 9.17) is 0 Å². The van der Waals surface area contributed by atoms with E-state index in [-0.39, 0.29) is 11.7 Å². The van der Waals surface area contributed by atoms with Crippen molar-refractivity contribution >= 4 is 28.1 Å². The fourth-order valence-electron chi connectivity index (χ4n) is 1.54. The smallest absolute Gasteiger partial charge is 0.272 e. The van der Waals surface area contributed by atoms with Crippen molar-refractivity contribution in [3.8, 4) is 5.75 Å². The molecular formula is C14H12BrN3O2. The van der Waals surface area contributed by atoms with Gasteiger partial charge in [0.05, 0.1) is 11.8 Å². The van der Waals surface area contributed by atoms with Crippen LogP contribution in [0.2, 0.25) is 0 Å². The number of hydrogen-bond acceptors (Lipinski definition) is 4. The second-order valence-corrected chi connectivity index (χ2v) is 5.07. The van der Waals surface area contributed by atoms with Gasteiger partial charge in [-0.2, -0.15) is 5.10 Å². The van der Waals surface area contributed by atoms with E-state index in [0.717, 1.165) is 5.56 Å². The molecule has 1 aromatic carbocycles. The number of carbonyl (C=O) groups is 1. The Morgan fingerprint density at radius 3 is 2.95 bits per heavy atom. The van der Waals surface area contributed by atoms with Crippen LogP contribution >= 0.6 is 15.9 Å². The van der Waals surface area contributed by atoms with Gasteiger partial charge >= 0.3 is 0 Å². The maximum absolute atomic E-state index is 11.8. The summed E-state index contributed by atoms with van der Waals surface area (Å²) in [6.45, 7) is 1.91. The van der Waals surface area contributed by atoms with E-state index in [1.165, 1.54) is 12.4 Å². The lowest BCUT2D eigenvalue weighted by Gasteiger charge is -2.01. The van der Waals surface area contributed by atoms with E-state index in [9.17, 15) is 9.90 Å². The minimum absolute atomic E-state index is 0.109. The molecule has 0 aliphatic rings. The van der Waals surface area contributed by atoms with Gasteiger partial charge in [-0.05, 0) is 41.1 Å². The molecule has 6 heteroatoms. The number of rotatable bonds is 3. The third-order valence-corrected chi connectivity index (χ3v) is 2.95. The number of hydrazone groups is 1. The molecule has 1 heterocycles. The van der Waals surface area contributed by atoms with Gasteiger partial charge in [0.2, 0.25) is 0 Å². The van der Waals surface area contributed by atoms with Crippen molar-refractivity contribution in [1.82, 2.24) is 10.4 Å². The molecule has 0 aliphatic carbocycles. The largest absolute Gasteiger partial charge is 0.507 e. The number of carbonyl (C=O) groups excluding carboxylic acids is 1. The molecule has 0 saturated heterocycles. The number of nitrogens with one attached hydrogen (secondary N) is 1. The summed E-state index contributed by atoms with van der Waals surface area (Å²) in [7, 11) is 0. The van der Waals surface area contributed by atoms with Crippen LogP contribution < -0.4 is 5.43 Å². The number of aryl methyl sites for hydroxylation is 1. The molecule has 102 valence electrons. The summed E-state index contributed by atoms with van der Waals surface area (Å²) in [6, 6.07) is 6.78. The first-order valence-electron chi connectivity index (χ1n) is 5.80. The van der Waals surface area contributed by atoms with Crippen molar-refractivity contribution < 1.29 is 9.90 Å². The van der Waals surface area contributed by atoms with Crippen molar-refractivity contribution in [2.75, 3.05) is 0 Å². The maximum atomic E-state index is 11.8. The number of phenolic OH excluding ortho intramolecular Hbond substituents is 1. The van der Waals surface area contributed by atoms with Crippen LogP contribution in [0.1, 0.15) is 21.5 Å². The van der Waals surface area contributed by atoms with Crippen molar-refractivity contribution in [3.63, 3.8) is 0 Å². The first kappa shape index (κ1) is 14.2. The van der Waals surface area contributed by atoms with Crippen LogP contribution in [0, 0.1) is 6.92 Å². The lowest BCUT2D eigenvalue weighted by Crippen LogP contribution is -2.17. The van der Waals surface area contributed by atoms with Crippen LogP contribution in [0.5, 0.6) is 5.75 Å². The summed E-state index contributed by atoms with van der Waals surface area (Å²) in [5, 5.41) is 13.5. The second-order valence-electron chi connectivity index (χ2n) is 4.15. The van der Waals surface area contributed by atoms with Crippen LogP contribution in [0.15, 0.2) is 46.2 Å². The van der Waals surface area contributed by atoms with E-state index in [1.807, 2.05) is 6.92 Å². The molecular weight excluding hydrogens is 322 g/mol. The number of hydrogen-bond donors (Lipinski definition) is 2. The zero-order valence-corrected chi connectivity index (χ0v) is 12.3. The van der Waals surface area contributed by atoms with Crippen LogP contribution in [0.25, 0.3) is 0 Å². The predicted octanol–water partition coefficient (Wildman–Crippen LogP) is 2.62. The lowest BCUT2D eigenvalue weighted by atomic mass is 10.1. The van der Waals surface area contributed by atoms with Gasteiger partial charge < -0.3 is 5.11 Å². The molecule has 0 radical (unpaired) electrons.